The SMILES string of the molecule is CCCOc1ccc(NC(=O)Nc2cnccn2)cc1. The number of nitrogens with one attached hydrogen (secondary N) is 2. The van der Waals surface area contributed by atoms with E-state index in [-0.39, 0.29) is 6.03 Å². The number of hydrogen-bond donors (Lipinski definition) is 2. The lowest BCUT2D eigenvalue weighted by atomic mass is 10.3. The molecular weight excluding hydrogens is 256 g/mol. The minimum Gasteiger partial charge on any atom is -0.494 e. The second kappa shape index (κ2) is 7.08. The maximum atomic E-state index is 11.7. The number of ether oxygens (including phenoxy) is 1. The van der Waals surface area contributed by atoms with Crippen molar-refractivity contribution in [1.82, 2.24) is 9.97 Å². The zero-order chi connectivity index (χ0) is 14.2. The molecule has 0 radical (unpaired) electrons. The van der Waals surface area contributed by atoms with Crippen molar-refractivity contribution in [2.75, 3.05) is 17.2 Å². The topological polar surface area (TPSA) is 76.1 Å². The Hall–Kier alpha value is -2.63. The average molecular weight is 272 g/mol. The van der Waals surface area contributed by atoms with Crippen LogP contribution in [0.4, 0.5) is 16.3 Å². The summed E-state index contributed by atoms with van der Waals surface area (Å²) in [5.41, 5.74) is 0.676. The molecule has 0 aliphatic heterocycles. The van der Waals surface area contributed by atoms with Crippen LogP contribution < -0.4 is 15.4 Å². The van der Waals surface area contributed by atoms with Crippen LogP contribution in [0.5, 0.6) is 5.75 Å². The van der Waals surface area contributed by atoms with E-state index in [2.05, 4.69) is 20.6 Å². The second-order valence-electron chi connectivity index (χ2n) is 4.04. The van der Waals surface area contributed by atoms with Crippen LogP contribution in [0.25, 0.3) is 0 Å². The Morgan fingerprint density at radius 1 is 1.20 bits per heavy atom. The molecular formula is C14H16N4O2. The second-order valence-corrected chi connectivity index (χ2v) is 4.04. The van der Waals surface area contributed by atoms with Gasteiger partial charge in [0, 0.05) is 18.1 Å². The predicted molar refractivity (Wildman–Crippen MR) is 76.9 cm³/mol. The van der Waals surface area contributed by atoms with Gasteiger partial charge in [-0.1, -0.05) is 6.92 Å². The molecule has 0 bridgehead atoms. The number of aromatic nitrogens is 2. The molecule has 0 fully saturated rings. The summed E-state index contributed by atoms with van der Waals surface area (Å²) >= 11 is 0. The summed E-state index contributed by atoms with van der Waals surface area (Å²) in [4.78, 5) is 19.5. The van der Waals surface area contributed by atoms with Gasteiger partial charge in [-0.05, 0) is 30.7 Å². The Balaban J connectivity index is 1.88. The minimum absolute atomic E-state index is 0.368. The van der Waals surface area contributed by atoms with Crippen molar-refractivity contribution < 1.29 is 9.53 Å². The first-order chi connectivity index (χ1) is 9.78. The van der Waals surface area contributed by atoms with Gasteiger partial charge in [0.1, 0.15) is 5.75 Å². The molecule has 0 saturated heterocycles. The van der Waals surface area contributed by atoms with E-state index in [4.69, 9.17) is 4.74 Å². The fourth-order valence-corrected chi connectivity index (χ4v) is 1.50. The van der Waals surface area contributed by atoms with Gasteiger partial charge in [-0.2, -0.15) is 0 Å². The van der Waals surface area contributed by atoms with E-state index in [1.807, 2.05) is 19.1 Å². The van der Waals surface area contributed by atoms with Crippen molar-refractivity contribution >= 4 is 17.5 Å². The number of benzene rings is 1. The summed E-state index contributed by atoms with van der Waals surface area (Å²) in [5.74, 6) is 1.18. The molecule has 2 amide bonds. The van der Waals surface area contributed by atoms with Gasteiger partial charge in [0.2, 0.25) is 0 Å². The highest BCUT2D eigenvalue weighted by molar-refractivity contribution is 5.99. The molecule has 104 valence electrons. The van der Waals surface area contributed by atoms with Gasteiger partial charge in [-0.25, -0.2) is 9.78 Å². The molecule has 0 spiro atoms. The van der Waals surface area contributed by atoms with E-state index >= 15 is 0 Å². The van der Waals surface area contributed by atoms with Gasteiger partial charge >= 0.3 is 6.03 Å². The summed E-state index contributed by atoms with van der Waals surface area (Å²) in [5, 5.41) is 5.28. The van der Waals surface area contributed by atoms with Crippen LogP contribution in [0.3, 0.4) is 0 Å². The molecule has 0 aliphatic carbocycles. The first-order valence-corrected chi connectivity index (χ1v) is 6.35. The number of hydrogen-bond acceptors (Lipinski definition) is 4. The van der Waals surface area contributed by atoms with Crippen molar-refractivity contribution in [1.29, 1.82) is 0 Å². The standard InChI is InChI=1S/C14H16N4O2/c1-2-9-20-12-5-3-11(4-6-12)17-14(19)18-13-10-15-7-8-16-13/h3-8,10H,2,9H2,1H3,(H2,16,17,18,19). The molecule has 1 heterocycles. The third kappa shape index (κ3) is 4.24. The lowest BCUT2D eigenvalue weighted by Gasteiger charge is -2.08. The first-order valence-electron chi connectivity index (χ1n) is 6.35. The smallest absolute Gasteiger partial charge is 0.324 e. The van der Waals surface area contributed by atoms with Gasteiger partial charge in [-0.15, -0.1) is 0 Å². The molecule has 6 heteroatoms. The largest absolute Gasteiger partial charge is 0.494 e. The molecule has 1 aromatic carbocycles. The number of amides is 2. The quantitative estimate of drug-likeness (QED) is 0.877. The van der Waals surface area contributed by atoms with Crippen LogP contribution in [0.1, 0.15) is 13.3 Å². The lowest BCUT2D eigenvalue weighted by molar-refractivity contribution is 0.262. The van der Waals surface area contributed by atoms with Gasteiger partial charge in [0.15, 0.2) is 5.82 Å². The van der Waals surface area contributed by atoms with Gasteiger partial charge in [0.25, 0.3) is 0 Å². The first kappa shape index (κ1) is 13.8. The molecule has 1 aromatic heterocycles. The maximum Gasteiger partial charge on any atom is 0.324 e. The Labute approximate surface area is 117 Å². The highest BCUT2D eigenvalue weighted by Crippen LogP contribution is 2.16. The van der Waals surface area contributed by atoms with Crippen LogP contribution >= 0.6 is 0 Å². The third-order valence-corrected chi connectivity index (χ3v) is 2.39. The Bertz CT molecular complexity index is 543. The number of urea groups is 1. The van der Waals surface area contributed by atoms with Crippen molar-refractivity contribution in [3.05, 3.63) is 42.9 Å². The fraction of sp³-hybridized carbons (Fsp3) is 0.214. The highest BCUT2D eigenvalue weighted by Gasteiger charge is 2.03. The minimum atomic E-state index is -0.368. The molecule has 0 saturated carbocycles. The van der Waals surface area contributed by atoms with Crippen LogP contribution in [-0.2, 0) is 0 Å². The summed E-state index contributed by atoms with van der Waals surface area (Å²) < 4.78 is 5.46. The van der Waals surface area contributed by atoms with Gasteiger partial charge in [-0.3, -0.25) is 10.3 Å². The molecule has 0 atom stereocenters. The van der Waals surface area contributed by atoms with Gasteiger partial charge in [0.05, 0.1) is 12.8 Å². The van der Waals surface area contributed by atoms with Crippen molar-refractivity contribution in [3.63, 3.8) is 0 Å². The van der Waals surface area contributed by atoms with Crippen LogP contribution in [-0.4, -0.2) is 22.6 Å². The molecule has 2 aromatic rings. The van der Waals surface area contributed by atoms with E-state index in [9.17, 15) is 4.79 Å². The van der Waals surface area contributed by atoms with Crippen molar-refractivity contribution in [3.8, 4) is 5.75 Å². The maximum absolute atomic E-state index is 11.7. The third-order valence-electron chi connectivity index (χ3n) is 2.39. The lowest BCUT2D eigenvalue weighted by Crippen LogP contribution is -2.20. The summed E-state index contributed by atoms with van der Waals surface area (Å²) in [6.07, 6.45) is 5.48. The number of anilines is 2. The molecule has 2 rings (SSSR count). The van der Waals surface area contributed by atoms with E-state index < -0.39 is 0 Å². The molecule has 6 nitrogen and oxygen atoms in total. The van der Waals surface area contributed by atoms with Crippen molar-refractivity contribution in [2.24, 2.45) is 0 Å². The van der Waals surface area contributed by atoms with Crippen LogP contribution in [0.2, 0.25) is 0 Å². The molecule has 0 unspecified atom stereocenters. The van der Waals surface area contributed by atoms with E-state index in [1.54, 1.807) is 12.1 Å². The summed E-state index contributed by atoms with van der Waals surface area (Å²) in [7, 11) is 0. The Morgan fingerprint density at radius 2 is 2.00 bits per heavy atom. The van der Waals surface area contributed by atoms with E-state index in [0.717, 1.165) is 12.2 Å². The predicted octanol–water partition coefficient (Wildman–Crippen LogP) is 2.91. The monoisotopic (exact) mass is 272 g/mol. The Kier molecular flexibility index (Phi) is 4.88. The van der Waals surface area contributed by atoms with Crippen molar-refractivity contribution in [2.45, 2.75) is 13.3 Å². The van der Waals surface area contributed by atoms with E-state index in [1.165, 1.54) is 18.6 Å². The fourth-order valence-electron chi connectivity index (χ4n) is 1.50. The van der Waals surface area contributed by atoms with Gasteiger partial charge < -0.3 is 10.1 Å². The molecule has 2 N–H and O–H groups in total. The normalized spacial score (nSPS) is 9.85. The number of carbonyl (C=O) groups excluding carboxylic acids is 1. The van der Waals surface area contributed by atoms with Crippen LogP contribution in [0, 0.1) is 0 Å². The number of rotatable bonds is 5. The molecule has 20 heavy (non-hydrogen) atoms. The van der Waals surface area contributed by atoms with Crippen LogP contribution in [0.15, 0.2) is 42.9 Å². The average Bonchev–Trinajstić information content (AvgIpc) is 2.47. The number of carbonyl (C=O) groups is 1. The highest BCUT2D eigenvalue weighted by atomic mass is 16.5. The Morgan fingerprint density at radius 3 is 2.65 bits per heavy atom. The zero-order valence-electron chi connectivity index (χ0n) is 11.2. The molecule has 0 aliphatic rings. The summed E-state index contributed by atoms with van der Waals surface area (Å²) in [6, 6.07) is 6.82. The number of nitrogens with zero attached hydrogens (tertiary/aromatic N) is 2. The van der Waals surface area contributed by atoms with E-state index in [0.29, 0.717) is 18.1 Å². The summed E-state index contributed by atoms with van der Waals surface area (Å²) in [6.45, 7) is 2.73. The zero-order valence-corrected chi connectivity index (χ0v) is 11.2.